The predicted octanol–water partition coefficient (Wildman–Crippen LogP) is 3.98. The summed E-state index contributed by atoms with van der Waals surface area (Å²) in [6.45, 7) is 4.35. The third-order valence-electron chi connectivity index (χ3n) is 3.60. The molecule has 2 rings (SSSR count). The molecule has 3 heteroatoms. The first kappa shape index (κ1) is 13.5. The number of hydrogen-bond acceptors (Lipinski definition) is 2. The summed E-state index contributed by atoms with van der Waals surface area (Å²) in [6, 6.07) is 8.36. The van der Waals surface area contributed by atoms with Crippen molar-refractivity contribution in [3.63, 3.8) is 0 Å². The molecule has 2 nitrogen and oxygen atoms in total. The SMILES string of the molecule is CC(C)Sc1ccc(CC2(C(=O)O)CCC2)cc1. The van der Waals surface area contributed by atoms with E-state index in [1.807, 2.05) is 11.8 Å². The van der Waals surface area contributed by atoms with Crippen LogP contribution in [0.25, 0.3) is 0 Å². The van der Waals surface area contributed by atoms with E-state index in [0.717, 1.165) is 24.8 Å². The molecule has 0 atom stereocenters. The Hall–Kier alpha value is -0.960. The highest BCUT2D eigenvalue weighted by Gasteiger charge is 2.44. The zero-order chi connectivity index (χ0) is 13.2. The van der Waals surface area contributed by atoms with Crippen molar-refractivity contribution in [3.8, 4) is 0 Å². The van der Waals surface area contributed by atoms with Crippen LogP contribution in [-0.2, 0) is 11.2 Å². The first-order valence-electron chi connectivity index (χ1n) is 6.51. The normalized spacial score (nSPS) is 17.5. The summed E-state index contributed by atoms with van der Waals surface area (Å²) in [6.07, 6.45) is 3.37. The van der Waals surface area contributed by atoms with Crippen molar-refractivity contribution in [1.82, 2.24) is 0 Å². The summed E-state index contributed by atoms with van der Waals surface area (Å²) in [5.41, 5.74) is 0.664. The summed E-state index contributed by atoms with van der Waals surface area (Å²) in [4.78, 5) is 12.6. The van der Waals surface area contributed by atoms with Gasteiger partial charge >= 0.3 is 5.97 Å². The smallest absolute Gasteiger partial charge is 0.309 e. The van der Waals surface area contributed by atoms with Crippen LogP contribution in [0, 0.1) is 5.41 Å². The van der Waals surface area contributed by atoms with Crippen LogP contribution in [0.5, 0.6) is 0 Å². The lowest BCUT2D eigenvalue weighted by molar-refractivity contribution is -0.154. The number of carboxylic acids is 1. The first-order valence-corrected chi connectivity index (χ1v) is 7.39. The molecular weight excluding hydrogens is 244 g/mol. The lowest BCUT2D eigenvalue weighted by atomic mass is 9.65. The summed E-state index contributed by atoms with van der Waals surface area (Å²) in [7, 11) is 0. The number of thioether (sulfide) groups is 1. The minimum atomic E-state index is -0.630. The third-order valence-corrected chi connectivity index (χ3v) is 4.62. The highest BCUT2D eigenvalue weighted by molar-refractivity contribution is 7.99. The molecule has 98 valence electrons. The Morgan fingerprint density at radius 1 is 1.33 bits per heavy atom. The van der Waals surface area contributed by atoms with Crippen molar-refractivity contribution < 1.29 is 9.90 Å². The van der Waals surface area contributed by atoms with Gasteiger partial charge in [0.15, 0.2) is 0 Å². The molecule has 0 unspecified atom stereocenters. The van der Waals surface area contributed by atoms with Gasteiger partial charge in [-0.3, -0.25) is 4.79 Å². The van der Waals surface area contributed by atoms with E-state index in [1.165, 1.54) is 4.90 Å². The summed E-state index contributed by atoms with van der Waals surface area (Å²) in [5, 5.41) is 9.89. The van der Waals surface area contributed by atoms with Gasteiger partial charge in [-0.2, -0.15) is 0 Å². The fraction of sp³-hybridized carbons (Fsp3) is 0.533. The maximum Gasteiger partial charge on any atom is 0.309 e. The Balaban J connectivity index is 2.04. The van der Waals surface area contributed by atoms with Gasteiger partial charge in [-0.15, -0.1) is 11.8 Å². The molecule has 0 radical (unpaired) electrons. The zero-order valence-corrected chi connectivity index (χ0v) is 11.8. The van der Waals surface area contributed by atoms with Crippen LogP contribution in [0.4, 0.5) is 0 Å². The van der Waals surface area contributed by atoms with Crippen LogP contribution in [0.2, 0.25) is 0 Å². The number of benzene rings is 1. The van der Waals surface area contributed by atoms with E-state index in [9.17, 15) is 9.90 Å². The standard InChI is InChI=1S/C15H20O2S/c1-11(2)18-13-6-4-12(5-7-13)10-15(14(16)17)8-3-9-15/h4-7,11H,3,8-10H2,1-2H3,(H,16,17). The number of hydrogen-bond donors (Lipinski definition) is 1. The van der Waals surface area contributed by atoms with Crippen LogP contribution in [0.1, 0.15) is 38.7 Å². The molecule has 0 amide bonds. The molecule has 0 aromatic heterocycles. The maximum absolute atomic E-state index is 11.3. The van der Waals surface area contributed by atoms with E-state index in [0.29, 0.717) is 11.7 Å². The Kier molecular flexibility index (Phi) is 4.00. The molecule has 0 aliphatic heterocycles. The number of carboxylic acid groups (broad SMARTS) is 1. The molecule has 1 aliphatic carbocycles. The van der Waals surface area contributed by atoms with Gasteiger partial charge in [0.05, 0.1) is 5.41 Å². The molecule has 1 aromatic carbocycles. The van der Waals surface area contributed by atoms with Crippen molar-refractivity contribution >= 4 is 17.7 Å². The largest absolute Gasteiger partial charge is 0.481 e. The van der Waals surface area contributed by atoms with E-state index in [4.69, 9.17) is 0 Å². The van der Waals surface area contributed by atoms with Crippen molar-refractivity contribution in [3.05, 3.63) is 29.8 Å². The van der Waals surface area contributed by atoms with Crippen LogP contribution >= 0.6 is 11.8 Å². The maximum atomic E-state index is 11.3. The van der Waals surface area contributed by atoms with Gasteiger partial charge in [0.25, 0.3) is 0 Å². The average Bonchev–Trinajstić information content (AvgIpc) is 2.24. The van der Waals surface area contributed by atoms with Crippen LogP contribution in [-0.4, -0.2) is 16.3 Å². The topological polar surface area (TPSA) is 37.3 Å². The fourth-order valence-corrected chi connectivity index (χ4v) is 3.26. The van der Waals surface area contributed by atoms with E-state index in [-0.39, 0.29) is 0 Å². The minimum Gasteiger partial charge on any atom is -0.481 e. The Bertz CT molecular complexity index is 419. The third kappa shape index (κ3) is 2.89. The number of aliphatic carboxylic acids is 1. The first-order chi connectivity index (χ1) is 8.52. The lowest BCUT2D eigenvalue weighted by Crippen LogP contribution is -2.39. The predicted molar refractivity (Wildman–Crippen MR) is 75.1 cm³/mol. The van der Waals surface area contributed by atoms with Gasteiger partial charge in [0, 0.05) is 10.1 Å². The average molecular weight is 264 g/mol. The summed E-state index contributed by atoms with van der Waals surface area (Å²) >= 11 is 1.83. The Labute approximate surface area is 113 Å². The molecule has 1 aliphatic rings. The monoisotopic (exact) mass is 264 g/mol. The molecule has 1 fully saturated rings. The summed E-state index contributed by atoms with van der Waals surface area (Å²) in [5.74, 6) is -0.630. The highest BCUT2D eigenvalue weighted by atomic mass is 32.2. The second-order valence-corrected chi connectivity index (χ2v) is 7.08. The van der Waals surface area contributed by atoms with Gasteiger partial charge in [-0.05, 0) is 37.0 Å². The van der Waals surface area contributed by atoms with Gasteiger partial charge in [-0.1, -0.05) is 32.4 Å². The van der Waals surface area contributed by atoms with Crippen molar-refractivity contribution in [2.24, 2.45) is 5.41 Å². The second-order valence-electron chi connectivity index (χ2n) is 5.43. The Morgan fingerprint density at radius 3 is 2.33 bits per heavy atom. The van der Waals surface area contributed by atoms with Crippen LogP contribution < -0.4 is 0 Å². The Morgan fingerprint density at radius 2 is 1.94 bits per heavy atom. The van der Waals surface area contributed by atoms with Crippen LogP contribution in [0.3, 0.4) is 0 Å². The van der Waals surface area contributed by atoms with Gasteiger partial charge in [-0.25, -0.2) is 0 Å². The van der Waals surface area contributed by atoms with Crippen molar-refractivity contribution in [1.29, 1.82) is 0 Å². The molecule has 1 saturated carbocycles. The van der Waals surface area contributed by atoms with E-state index >= 15 is 0 Å². The fourth-order valence-electron chi connectivity index (χ4n) is 2.42. The molecule has 1 aromatic rings. The van der Waals surface area contributed by atoms with Crippen molar-refractivity contribution in [2.45, 2.75) is 49.7 Å². The molecular formula is C15H20O2S. The molecule has 1 N–H and O–H groups in total. The molecule has 18 heavy (non-hydrogen) atoms. The molecule has 0 heterocycles. The summed E-state index contributed by atoms with van der Waals surface area (Å²) < 4.78 is 0. The van der Waals surface area contributed by atoms with Gasteiger partial charge < -0.3 is 5.11 Å². The van der Waals surface area contributed by atoms with E-state index in [1.54, 1.807) is 0 Å². The lowest BCUT2D eigenvalue weighted by Gasteiger charge is -2.37. The van der Waals surface area contributed by atoms with Crippen molar-refractivity contribution in [2.75, 3.05) is 0 Å². The highest BCUT2D eigenvalue weighted by Crippen LogP contribution is 2.44. The number of carbonyl (C=O) groups is 1. The molecule has 0 saturated heterocycles. The minimum absolute atomic E-state index is 0.479. The zero-order valence-electron chi connectivity index (χ0n) is 11.0. The van der Waals surface area contributed by atoms with Gasteiger partial charge in [0.1, 0.15) is 0 Å². The molecule has 0 bridgehead atoms. The second kappa shape index (κ2) is 5.35. The molecule has 0 spiro atoms. The van der Waals surface area contributed by atoms with E-state index < -0.39 is 11.4 Å². The quantitative estimate of drug-likeness (QED) is 0.817. The number of rotatable bonds is 5. The van der Waals surface area contributed by atoms with Gasteiger partial charge in [0.2, 0.25) is 0 Å². The van der Waals surface area contributed by atoms with Crippen LogP contribution in [0.15, 0.2) is 29.2 Å². The van der Waals surface area contributed by atoms with E-state index in [2.05, 4.69) is 38.1 Å².